The van der Waals surface area contributed by atoms with Crippen LogP contribution in [0.25, 0.3) is 0 Å². The maximum Gasteiger partial charge on any atom is 0.321 e. The minimum atomic E-state index is -3.78. The lowest BCUT2D eigenvalue weighted by Crippen LogP contribution is -2.38. The highest BCUT2D eigenvalue weighted by Crippen LogP contribution is 2.40. The van der Waals surface area contributed by atoms with Crippen molar-refractivity contribution < 1.29 is 31.9 Å². The summed E-state index contributed by atoms with van der Waals surface area (Å²) in [5.41, 5.74) is 7.27. The van der Waals surface area contributed by atoms with Crippen molar-refractivity contribution in [3.05, 3.63) is 83.2 Å². The zero-order chi connectivity index (χ0) is 33.1. The topological polar surface area (TPSA) is 151 Å². The van der Waals surface area contributed by atoms with Gasteiger partial charge in [-0.1, -0.05) is 12.1 Å². The van der Waals surface area contributed by atoms with Crippen molar-refractivity contribution in [1.29, 1.82) is 0 Å². The van der Waals surface area contributed by atoms with Crippen LogP contribution in [0.4, 0.5) is 20.6 Å². The molecule has 3 aromatic carbocycles. The van der Waals surface area contributed by atoms with Gasteiger partial charge in [-0.05, 0) is 86.3 Å². The van der Waals surface area contributed by atoms with Crippen molar-refractivity contribution in [3.63, 3.8) is 0 Å². The minimum Gasteiger partial charge on any atom is -0.494 e. The Hall–Kier alpha value is -4.65. The van der Waals surface area contributed by atoms with Crippen LogP contribution in [0.3, 0.4) is 0 Å². The van der Waals surface area contributed by atoms with E-state index in [4.69, 9.17) is 10.5 Å². The molecule has 0 bridgehead atoms. The van der Waals surface area contributed by atoms with Gasteiger partial charge in [0.25, 0.3) is 0 Å². The highest BCUT2D eigenvalue weighted by molar-refractivity contribution is 7.92. The molecule has 4 N–H and O–H groups in total. The van der Waals surface area contributed by atoms with Crippen molar-refractivity contribution in [3.8, 4) is 5.75 Å². The van der Waals surface area contributed by atoms with E-state index in [1.165, 1.54) is 48.4 Å². The largest absolute Gasteiger partial charge is 0.494 e. The molecular formula is C32H38FN5O6S. The number of sulfone groups is 1. The zero-order valence-corrected chi connectivity index (χ0v) is 26.7. The highest BCUT2D eigenvalue weighted by atomic mass is 32.2. The number of rotatable bonds is 10. The van der Waals surface area contributed by atoms with Gasteiger partial charge in [-0.25, -0.2) is 17.6 Å². The first kappa shape index (κ1) is 33.2. The molecule has 1 saturated heterocycles. The monoisotopic (exact) mass is 639 g/mol. The Bertz CT molecular complexity index is 1710. The first-order chi connectivity index (χ1) is 21.2. The van der Waals surface area contributed by atoms with Crippen LogP contribution in [0, 0.1) is 5.82 Å². The van der Waals surface area contributed by atoms with Crippen LogP contribution >= 0.6 is 0 Å². The Morgan fingerprint density at radius 1 is 1.04 bits per heavy atom. The number of likely N-dealkylation sites (tertiary alicyclic amines) is 1. The van der Waals surface area contributed by atoms with E-state index < -0.39 is 50.8 Å². The molecule has 0 aromatic heterocycles. The standard InChI is InChI=1S/C32H38FN5O6S/c1-19(2)45(42,43)28-14-12-23(36-32(41)37(3)4)18-24(28)26-10-7-15-38(26)31(40)29(20-11-13-25(33)27(17-20)44-5)35-22-9-6-8-21(16-22)30(34)39/h6,8-9,11-14,16-19,26,29,35H,7,10,15H2,1-5H3,(H2,34,39)(H,36,41)/t26-,29-/m1/s1. The van der Waals surface area contributed by atoms with Crippen LogP contribution in [-0.2, 0) is 14.6 Å². The van der Waals surface area contributed by atoms with E-state index in [1.807, 2.05) is 0 Å². The summed E-state index contributed by atoms with van der Waals surface area (Å²) in [6, 6.07) is 12.9. The third-order valence-corrected chi connectivity index (χ3v) is 9.93. The number of carbonyl (C=O) groups excluding carboxylic acids is 3. The van der Waals surface area contributed by atoms with E-state index in [-0.39, 0.29) is 16.2 Å². The molecule has 1 fully saturated rings. The van der Waals surface area contributed by atoms with Crippen molar-refractivity contribution in [2.75, 3.05) is 38.4 Å². The number of carbonyl (C=O) groups is 3. The van der Waals surface area contributed by atoms with Gasteiger partial charge < -0.3 is 30.9 Å². The van der Waals surface area contributed by atoms with E-state index in [1.54, 1.807) is 57.1 Å². The summed E-state index contributed by atoms with van der Waals surface area (Å²) in [7, 11) is 0.706. The molecule has 240 valence electrons. The summed E-state index contributed by atoms with van der Waals surface area (Å²) < 4.78 is 46.6. The number of benzene rings is 3. The Kier molecular flexibility index (Phi) is 10.0. The van der Waals surface area contributed by atoms with Crippen LogP contribution in [-0.4, -0.2) is 69.1 Å². The fourth-order valence-corrected chi connectivity index (χ4v) is 6.52. The average Bonchev–Trinajstić information content (AvgIpc) is 3.50. The quantitative estimate of drug-likeness (QED) is 0.290. The summed E-state index contributed by atoms with van der Waals surface area (Å²) in [5.74, 6) is -1.73. The van der Waals surface area contributed by atoms with Gasteiger partial charge in [0, 0.05) is 37.6 Å². The molecule has 3 aromatic rings. The van der Waals surface area contributed by atoms with Crippen molar-refractivity contribution in [2.45, 2.75) is 48.9 Å². The molecule has 45 heavy (non-hydrogen) atoms. The highest BCUT2D eigenvalue weighted by Gasteiger charge is 2.38. The fourth-order valence-electron chi connectivity index (χ4n) is 5.23. The number of halogens is 1. The Labute approximate surface area is 262 Å². The molecule has 4 rings (SSSR count). The fraction of sp³-hybridized carbons (Fsp3) is 0.344. The van der Waals surface area contributed by atoms with Crippen LogP contribution in [0.1, 0.15) is 60.3 Å². The molecule has 2 atom stereocenters. The maximum absolute atomic E-state index is 14.5. The molecule has 1 heterocycles. The van der Waals surface area contributed by atoms with Crippen LogP contribution in [0.5, 0.6) is 5.75 Å². The van der Waals surface area contributed by atoms with Gasteiger partial charge in [-0.3, -0.25) is 9.59 Å². The molecule has 13 heteroatoms. The number of amides is 4. The third-order valence-electron chi connectivity index (χ3n) is 7.70. The summed E-state index contributed by atoms with van der Waals surface area (Å²) >= 11 is 0. The number of primary amides is 1. The second kappa shape index (κ2) is 13.6. The summed E-state index contributed by atoms with van der Waals surface area (Å²) in [6.07, 6.45) is 1.05. The Balaban J connectivity index is 1.82. The van der Waals surface area contributed by atoms with Gasteiger partial charge in [0.05, 0.1) is 23.3 Å². The third kappa shape index (κ3) is 7.19. The first-order valence-corrected chi connectivity index (χ1v) is 16.0. The van der Waals surface area contributed by atoms with Gasteiger partial charge in [0.1, 0.15) is 6.04 Å². The van der Waals surface area contributed by atoms with E-state index in [0.29, 0.717) is 41.9 Å². The van der Waals surface area contributed by atoms with E-state index in [0.717, 1.165) is 0 Å². The molecule has 1 aliphatic rings. The SMILES string of the molecule is COc1cc([C@@H](Nc2cccc(C(N)=O)c2)C(=O)N2CCC[C@@H]2c2cc(NC(=O)N(C)C)ccc2S(=O)(=O)C(C)C)ccc1F. The van der Waals surface area contributed by atoms with Gasteiger partial charge >= 0.3 is 6.03 Å². The molecule has 11 nitrogen and oxygen atoms in total. The minimum absolute atomic E-state index is 0.0643. The van der Waals surface area contributed by atoms with Gasteiger partial charge in [-0.2, -0.15) is 0 Å². The number of nitrogens with zero attached hydrogens (tertiary/aromatic N) is 2. The molecule has 0 aliphatic carbocycles. The van der Waals surface area contributed by atoms with Crippen LogP contribution in [0.2, 0.25) is 0 Å². The smallest absolute Gasteiger partial charge is 0.321 e. The number of nitrogens with one attached hydrogen (secondary N) is 2. The van der Waals surface area contributed by atoms with Gasteiger partial charge in [-0.15, -0.1) is 0 Å². The number of nitrogens with two attached hydrogens (primary N) is 1. The lowest BCUT2D eigenvalue weighted by Gasteiger charge is -2.32. The lowest BCUT2D eigenvalue weighted by molar-refractivity contribution is -0.133. The van der Waals surface area contributed by atoms with Gasteiger partial charge in [0.2, 0.25) is 11.8 Å². The lowest BCUT2D eigenvalue weighted by atomic mass is 10.0. The molecular weight excluding hydrogens is 601 g/mol. The number of anilines is 2. The summed E-state index contributed by atoms with van der Waals surface area (Å²) in [6.45, 7) is 3.48. The van der Waals surface area contributed by atoms with E-state index >= 15 is 0 Å². The first-order valence-electron chi connectivity index (χ1n) is 14.4. The summed E-state index contributed by atoms with van der Waals surface area (Å²) in [5, 5.41) is 5.19. The maximum atomic E-state index is 14.5. The molecule has 0 unspecified atom stereocenters. The predicted molar refractivity (Wildman–Crippen MR) is 169 cm³/mol. The number of hydrogen-bond acceptors (Lipinski definition) is 7. The number of ether oxygens (including phenoxy) is 1. The van der Waals surface area contributed by atoms with E-state index in [9.17, 15) is 27.2 Å². The average molecular weight is 640 g/mol. The Morgan fingerprint density at radius 2 is 1.78 bits per heavy atom. The number of hydrogen-bond donors (Lipinski definition) is 3. The number of methoxy groups -OCH3 is 1. The second-order valence-corrected chi connectivity index (χ2v) is 13.7. The number of urea groups is 1. The molecule has 0 radical (unpaired) electrons. The van der Waals surface area contributed by atoms with Crippen molar-refractivity contribution in [1.82, 2.24) is 9.80 Å². The molecule has 4 amide bonds. The summed E-state index contributed by atoms with van der Waals surface area (Å²) in [4.78, 5) is 41.8. The zero-order valence-electron chi connectivity index (χ0n) is 25.8. The van der Waals surface area contributed by atoms with E-state index in [2.05, 4.69) is 10.6 Å². The normalized spacial score (nSPS) is 15.4. The van der Waals surface area contributed by atoms with Crippen molar-refractivity contribution in [2.24, 2.45) is 5.73 Å². The van der Waals surface area contributed by atoms with Crippen LogP contribution < -0.4 is 21.1 Å². The second-order valence-electron chi connectivity index (χ2n) is 11.3. The molecule has 0 saturated carbocycles. The molecule has 0 spiro atoms. The molecule has 1 aliphatic heterocycles. The predicted octanol–water partition coefficient (Wildman–Crippen LogP) is 4.73. The van der Waals surface area contributed by atoms with Crippen LogP contribution in [0.15, 0.2) is 65.6 Å². The Morgan fingerprint density at radius 3 is 2.42 bits per heavy atom. The van der Waals surface area contributed by atoms with Crippen molar-refractivity contribution >= 4 is 39.1 Å². The van der Waals surface area contributed by atoms with Gasteiger partial charge in [0.15, 0.2) is 21.4 Å².